The molecule has 1 aliphatic carbocycles. The Morgan fingerprint density at radius 2 is 2.00 bits per heavy atom. The second kappa shape index (κ2) is 8.98. The maximum absolute atomic E-state index is 9.81. The highest BCUT2D eigenvalue weighted by Crippen LogP contribution is 2.31. The molecule has 0 aromatic heterocycles. The molecule has 2 unspecified atom stereocenters. The summed E-state index contributed by atoms with van der Waals surface area (Å²) in [5, 5.41) is 13.4. The van der Waals surface area contributed by atoms with Gasteiger partial charge in [0, 0.05) is 11.6 Å². The van der Waals surface area contributed by atoms with Crippen molar-refractivity contribution < 1.29 is 5.11 Å². The summed E-state index contributed by atoms with van der Waals surface area (Å²) in [5.74, 6) is 0. The Labute approximate surface area is 125 Å². The van der Waals surface area contributed by atoms with E-state index < -0.39 is 0 Å². The van der Waals surface area contributed by atoms with Gasteiger partial charge in [0.05, 0.1) is 6.61 Å². The van der Waals surface area contributed by atoms with Crippen molar-refractivity contribution in [2.45, 2.75) is 57.5 Å². The van der Waals surface area contributed by atoms with Crippen molar-refractivity contribution in [3.8, 4) is 0 Å². The van der Waals surface area contributed by atoms with E-state index in [1.165, 1.54) is 25.8 Å². The topological polar surface area (TPSA) is 38.7 Å². The number of rotatable bonds is 9. The van der Waals surface area contributed by atoms with Crippen LogP contribution in [-0.2, 0) is 0 Å². The Hall–Kier alpha value is -0.160. The number of nitrogens with one attached hydrogen (secondary N) is 1. The summed E-state index contributed by atoms with van der Waals surface area (Å²) in [6.45, 7) is 9.06. The van der Waals surface area contributed by atoms with Crippen molar-refractivity contribution in [1.29, 1.82) is 0 Å². The fourth-order valence-corrected chi connectivity index (χ4v) is 3.57. The number of nitrogens with zero attached hydrogens (tertiary/aromatic N) is 2. The summed E-state index contributed by atoms with van der Waals surface area (Å²) in [5.41, 5.74) is -0.0351. The Kier molecular flexibility index (Phi) is 8.03. The number of hydrogen-bond acceptors (Lipinski definition) is 4. The molecular formula is C16H35N3O. The summed E-state index contributed by atoms with van der Waals surface area (Å²) in [6, 6.07) is 0.627. The van der Waals surface area contributed by atoms with E-state index in [1.54, 1.807) is 0 Å². The smallest absolute Gasteiger partial charge is 0.0613 e. The molecule has 1 saturated carbocycles. The van der Waals surface area contributed by atoms with Crippen molar-refractivity contribution >= 4 is 0 Å². The van der Waals surface area contributed by atoms with Crippen molar-refractivity contribution in [3.63, 3.8) is 0 Å². The van der Waals surface area contributed by atoms with Gasteiger partial charge in [-0.3, -0.25) is 0 Å². The lowest BCUT2D eigenvalue weighted by atomic mass is 9.78. The monoisotopic (exact) mass is 285 g/mol. The van der Waals surface area contributed by atoms with Gasteiger partial charge in [-0.25, -0.2) is 0 Å². The minimum absolute atomic E-state index is 0.0351. The zero-order chi connectivity index (χ0) is 15.0. The van der Waals surface area contributed by atoms with Crippen LogP contribution in [0.3, 0.4) is 0 Å². The molecule has 4 heteroatoms. The van der Waals surface area contributed by atoms with E-state index in [4.69, 9.17) is 0 Å². The molecule has 1 rings (SSSR count). The van der Waals surface area contributed by atoms with Gasteiger partial charge in [0.25, 0.3) is 0 Å². The first-order valence-corrected chi connectivity index (χ1v) is 8.31. The summed E-state index contributed by atoms with van der Waals surface area (Å²) < 4.78 is 0. The van der Waals surface area contributed by atoms with Crippen LogP contribution in [0.25, 0.3) is 0 Å². The van der Waals surface area contributed by atoms with Gasteiger partial charge < -0.3 is 20.2 Å². The van der Waals surface area contributed by atoms with E-state index in [-0.39, 0.29) is 12.1 Å². The largest absolute Gasteiger partial charge is 0.394 e. The molecule has 0 aliphatic heterocycles. The third-order valence-corrected chi connectivity index (χ3v) is 4.65. The SMILES string of the molecule is CCNC1(CO)CCCC(N(CC)CCCN(C)C)C1. The maximum Gasteiger partial charge on any atom is 0.0613 e. The van der Waals surface area contributed by atoms with Crippen LogP contribution >= 0.6 is 0 Å². The molecule has 1 fully saturated rings. The summed E-state index contributed by atoms with van der Waals surface area (Å²) in [4.78, 5) is 4.87. The Morgan fingerprint density at radius 1 is 1.25 bits per heavy atom. The fraction of sp³-hybridized carbons (Fsp3) is 1.00. The molecule has 0 amide bonds. The van der Waals surface area contributed by atoms with Crippen LogP contribution in [0.1, 0.15) is 46.0 Å². The lowest BCUT2D eigenvalue weighted by Crippen LogP contribution is -2.56. The van der Waals surface area contributed by atoms with Crippen LogP contribution in [0.2, 0.25) is 0 Å². The third-order valence-electron chi connectivity index (χ3n) is 4.65. The molecular weight excluding hydrogens is 250 g/mol. The molecule has 0 aromatic carbocycles. The third kappa shape index (κ3) is 5.32. The molecule has 0 radical (unpaired) electrons. The first-order valence-electron chi connectivity index (χ1n) is 8.31. The average molecular weight is 285 g/mol. The van der Waals surface area contributed by atoms with Gasteiger partial charge in [-0.2, -0.15) is 0 Å². The van der Waals surface area contributed by atoms with Crippen molar-refractivity contribution in [2.75, 3.05) is 46.9 Å². The molecule has 2 N–H and O–H groups in total. The standard InChI is InChI=1S/C16H35N3O/c1-5-17-16(14-20)10-7-9-15(13-16)19(6-2)12-8-11-18(3)4/h15,17,20H,5-14H2,1-4H3. The molecule has 0 saturated heterocycles. The first kappa shape index (κ1) is 17.9. The highest BCUT2D eigenvalue weighted by Gasteiger charge is 2.36. The predicted molar refractivity (Wildman–Crippen MR) is 86.2 cm³/mol. The molecule has 120 valence electrons. The normalized spacial score (nSPS) is 27.4. The predicted octanol–water partition coefficient (Wildman–Crippen LogP) is 1.54. The average Bonchev–Trinajstić information content (AvgIpc) is 2.44. The van der Waals surface area contributed by atoms with Crippen LogP contribution < -0.4 is 5.32 Å². The number of likely N-dealkylation sites (N-methyl/N-ethyl adjacent to an activating group) is 1. The van der Waals surface area contributed by atoms with Crippen LogP contribution in [0, 0.1) is 0 Å². The maximum atomic E-state index is 9.81. The van der Waals surface area contributed by atoms with Crippen molar-refractivity contribution in [3.05, 3.63) is 0 Å². The van der Waals surface area contributed by atoms with E-state index >= 15 is 0 Å². The molecule has 4 nitrogen and oxygen atoms in total. The zero-order valence-corrected chi connectivity index (χ0v) is 14.0. The van der Waals surface area contributed by atoms with Crippen molar-refractivity contribution in [2.24, 2.45) is 0 Å². The molecule has 1 aliphatic rings. The van der Waals surface area contributed by atoms with E-state index in [0.717, 1.165) is 32.5 Å². The van der Waals surface area contributed by atoms with E-state index in [1.807, 2.05) is 0 Å². The molecule has 0 bridgehead atoms. The highest BCUT2D eigenvalue weighted by atomic mass is 16.3. The van der Waals surface area contributed by atoms with E-state index in [9.17, 15) is 5.11 Å². The van der Waals surface area contributed by atoms with Crippen LogP contribution in [0.15, 0.2) is 0 Å². The van der Waals surface area contributed by atoms with Crippen LogP contribution in [0.4, 0.5) is 0 Å². The number of aliphatic hydroxyl groups is 1. The second-order valence-corrected chi connectivity index (χ2v) is 6.50. The quantitative estimate of drug-likeness (QED) is 0.674. The lowest BCUT2D eigenvalue weighted by Gasteiger charge is -2.44. The summed E-state index contributed by atoms with van der Waals surface area (Å²) in [6.07, 6.45) is 5.94. The molecule has 2 atom stereocenters. The van der Waals surface area contributed by atoms with Gasteiger partial charge in [0.15, 0.2) is 0 Å². The van der Waals surface area contributed by atoms with Gasteiger partial charge >= 0.3 is 0 Å². The Balaban J connectivity index is 2.53. The number of aliphatic hydroxyl groups excluding tert-OH is 1. The Morgan fingerprint density at radius 3 is 2.55 bits per heavy atom. The van der Waals surface area contributed by atoms with Gasteiger partial charge in [-0.05, 0) is 72.4 Å². The summed E-state index contributed by atoms with van der Waals surface area (Å²) >= 11 is 0. The van der Waals surface area contributed by atoms with Gasteiger partial charge in [-0.15, -0.1) is 0 Å². The van der Waals surface area contributed by atoms with Gasteiger partial charge in [0.1, 0.15) is 0 Å². The van der Waals surface area contributed by atoms with Crippen LogP contribution in [-0.4, -0.2) is 73.4 Å². The lowest BCUT2D eigenvalue weighted by molar-refractivity contribution is 0.0610. The van der Waals surface area contributed by atoms with Gasteiger partial charge in [-0.1, -0.05) is 13.8 Å². The minimum Gasteiger partial charge on any atom is -0.394 e. The second-order valence-electron chi connectivity index (χ2n) is 6.50. The highest BCUT2D eigenvalue weighted by molar-refractivity contribution is 4.96. The zero-order valence-electron chi connectivity index (χ0n) is 14.0. The molecule has 0 aromatic rings. The van der Waals surface area contributed by atoms with Crippen LogP contribution in [0.5, 0.6) is 0 Å². The summed E-state index contributed by atoms with van der Waals surface area (Å²) in [7, 11) is 4.28. The molecule has 20 heavy (non-hydrogen) atoms. The van der Waals surface area contributed by atoms with Crippen molar-refractivity contribution in [1.82, 2.24) is 15.1 Å². The molecule has 0 spiro atoms. The molecule has 0 heterocycles. The van der Waals surface area contributed by atoms with Gasteiger partial charge in [0.2, 0.25) is 0 Å². The Bertz CT molecular complexity index is 256. The van der Waals surface area contributed by atoms with E-state index in [0.29, 0.717) is 6.04 Å². The first-order chi connectivity index (χ1) is 9.56. The van der Waals surface area contributed by atoms with E-state index in [2.05, 4.69) is 43.1 Å². The fourth-order valence-electron chi connectivity index (χ4n) is 3.57. The number of hydrogen-bond donors (Lipinski definition) is 2. The minimum atomic E-state index is -0.0351.